The van der Waals surface area contributed by atoms with Crippen LogP contribution in [0.5, 0.6) is 5.75 Å². The van der Waals surface area contributed by atoms with Crippen LogP contribution in [0.4, 0.5) is 0 Å². The van der Waals surface area contributed by atoms with E-state index in [-0.39, 0.29) is 11.9 Å². The second-order valence-electron chi connectivity index (χ2n) is 6.03. The van der Waals surface area contributed by atoms with Gasteiger partial charge in [0.15, 0.2) is 0 Å². The van der Waals surface area contributed by atoms with Crippen LogP contribution < -0.4 is 10.1 Å². The number of aryl methyl sites for hydroxylation is 2. The molecule has 6 nitrogen and oxygen atoms in total. The molecule has 0 saturated heterocycles. The zero-order chi connectivity index (χ0) is 18.7. The van der Waals surface area contributed by atoms with Crippen LogP contribution in [-0.4, -0.2) is 28.2 Å². The Bertz CT molecular complexity index is 896. The van der Waals surface area contributed by atoms with E-state index in [4.69, 9.17) is 4.74 Å². The van der Waals surface area contributed by atoms with Crippen LogP contribution in [0.25, 0.3) is 11.3 Å². The Kier molecular flexibility index (Phi) is 5.37. The van der Waals surface area contributed by atoms with Gasteiger partial charge in [-0.3, -0.25) is 9.89 Å². The number of carbonyl (C=O) groups excluding carboxylic acids is 1. The molecule has 3 rings (SSSR count). The first-order chi connectivity index (χ1) is 12.5. The Balaban J connectivity index is 1.76. The molecule has 2 N–H and O–H groups in total. The van der Waals surface area contributed by atoms with Gasteiger partial charge in [0.05, 0.1) is 24.5 Å². The number of thiazole rings is 1. The summed E-state index contributed by atoms with van der Waals surface area (Å²) in [4.78, 5) is 18.4. The molecule has 0 saturated carbocycles. The zero-order valence-corrected chi connectivity index (χ0v) is 16.1. The highest BCUT2D eigenvalue weighted by atomic mass is 32.1. The third-order valence-electron chi connectivity index (χ3n) is 4.24. The van der Waals surface area contributed by atoms with Crippen molar-refractivity contribution in [1.29, 1.82) is 0 Å². The van der Waals surface area contributed by atoms with E-state index in [0.29, 0.717) is 11.4 Å². The molecule has 7 heteroatoms. The van der Waals surface area contributed by atoms with Gasteiger partial charge >= 0.3 is 0 Å². The lowest BCUT2D eigenvalue weighted by molar-refractivity contribution is 0.0930. The SMILES string of the molecule is CC[C@H](NC(=O)c1cc(-c2cccc(OC)c2)n[nH]1)c1nc(C)c(C)s1. The summed E-state index contributed by atoms with van der Waals surface area (Å²) < 4.78 is 5.24. The lowest BCUT2D eigenvalue weighted by Crippen LogP contribution is -2.28. The van der Waals surface area contributed by atoms with Crippen molar-refractivity contribution in [1.82, 2.24) is 20.5 Å². The molecule has 2 aromatic heterocycles. The molecule has 0 aliphatic rings. The number of amides is 1. The van der Waals surface area contributed by atoms with Crippen molar-refractivity contribution in [3.05, 3.63) is 51.6 Å². The number of aromatic amines is 1. The van der Waals surface area contributed by atoms with Gasteiger partial charge in [-0.1, -0.05) is 19.1 Å². The van der Waals surface area contributed by atoms with E-state index < -0.39 is 0 Å². The predicted octanol–water partition coefficient (Wildman–Crippen LogP) is 4.04. The van der Waals surface area contributed by atoms with Gasteiger partial charge in [0.1, 0.15) is 16.5 Å². The fourth-order valence-corrected chi connectivity index (χ4v) is 3.65. The number of hydrogen-bond acceptors (Lipinski definition) is 5. The Labute approximate surface area is 156 Å². The quantitative estimate of drug-likeness (QED) is 0.686. The number of carbonyl (C=O) groups is 1. The minimum atomic E-state index is -0.191. The maximum absolute atomic E-state index is 12.6. The molecule has 0 bridgehead atoms. The fourth-order valence-electron chi connectivity index (χ4n) is 2.59. The second kappa shape index (κ2) is 7.70. The molecule has 136 valence electrons. The van der Waals surface area contributed by atoms with E-state index in [0.717, 1.165) is 28.4 Å². The number of hydrogen-bond donors (Lipinski definition) is 2. The number of aromatic nitrogens is 3. The van der Waals surface area contributed by atoms with Crippen molar-refractivity contribution >= 4 is 17.2 Å². The lowest BCUT2D eigenvalue weighted by atomic mass is 10.1. The maximum Gasteiger partial charge on any atom is 0.269 e. The average Bonchev–Trinajstić information content (AvgIpc) is 3.27. The summed E-state index contributed by atoms with van der Waals surface area (Å²) in [5.74, 6) is 0.557. The summed E-state index contributed by atoms with van der Waals surface area (Å²) in [5, 5.41) is 11.0. The van der Waals surface area contributed by atoms with Gasteiger partial charge < -0.3 is 10.1 Å². The first-order valence-electron chi connectivity index (χ1n) is 8.46. The summed E-state index contributed by atoms with van der Waals surface area (Å²) in [6, 6.07) is 9.21. The molecule has 1 aromatic carbocycles. The molecular weight excluding hydrogens is 348 g/mol. The highest BCUT2D eigenvalue weighted by Gasteiger charge is 2.19. The molecule has 2 heterocycles. The molecule has 3 aromatic rings. The summed E-state index contributed by atoms with van der Waals surface area (Å²) in [6.07, 6.45) is 0.773. The molecule has 0 fully saturated rings. The number of nitrogens with one attached hydrogen (secondary N) is 2. The van der Waals surface area contributed by atoms with E-state index in [1.807, 2.05) is 45.0 Å². The van der Waals surface area contributed by atoms with Crippen molar-refractivity contribution in [2.45, 2.75) is 33.2 Å². The lowest BCUT2D eigenvalue weighted by Gasteiger charge is -2.13. The molecule has 0 radical (unpaired) electrons. The van der Waals surface area contributed by atoms with Crippen LogP contribution in [0.15, 0.2) is 30.3 Å². The number of methoxy groups -OCH3 is 1. The number of H-pyrrole nitrogens is 1. The first kappa shape index (κ1) is 18.1. The maximum atomic E-state index is 12.6. The van der Waals surface area contributed by atoms with E-state index in [1.54, 1.807) is 24.5 Å². The summed E-state index contributed by atoms with van der Waals surface area (Å²) in [7, 11) is 1.62. The smallest absolute Gasteiger partial charge is 0.269 e. The number of ether oxygens (including phenoxy) is 1. The minimum absolute atomic E-state index is 0.108. The van der Waals surface area contributed by atoms with Gasteiger partial charge in [0, 0.05) is 10.4 Å². The third-order valence-corrected chi connectivity index (χ3v) is 5.43. The molecule has 26 heavy (non-hydrogen) atoms. The van der Waals surface area contributed by atoms with Gasteiger partial charge in [-0.05, 0) is 38.5 Å². The molecule has 0 aliphatic carbocycles. The predicted molar refractivity (Wildman–Crippen MR) is 103 cm³/mol. The fraction of sp³-hybridized carbons (Fsp3) is 0.316. The number of benzene rings is 1. The second-order valence-corrected chi connectivity index (χ2v) is 7.26. The van der Waals surface area contributed by atoms with Crippen molar-refractivity contribution in [2.75, 3.05) is 7.11 Å². The van der Waals surface area contributed by atoms with Crippen molar-refractivity contribution < 1.29 is 9.53 Å². The van der Waals surface area contributed by atoms with Crippen molar-refractivity contribution in [2.24, 2.45) is 0 Å². The average molecular weight is 370 g/mol. The van der Waals surface area contributed by atoms with Crippen molar-refractivity contribution in [3.63, 3.8) is 0 Å². The van der Waals surface area contributed by atoms with Gasteiger partial charge in [-0.25, -0.2) is 4.98 Å². The number of nitrogens with zero attached hydrogens (tertiary/aromatic N) is 2. The van der Waals surface area contributed by atoms with E-state index >= 15 is 0 Å². The molecule has 0 spiro atoms. The summed E-state index contributed by atoms with van der Waals surface area (Å²) in [5.41, 5.74) is 3.02. The van der Waals surface area contributed by atoms with Crippen LogP contribution in [0.2, 0.25) is 0 Å². The Hall–Kier alpha value is -2.67. The molecule has 0 unspecified atom stereocenters. The number of rotatable bonds is 6. The van der Waals surface area contributed by atoms with Gasteiger partial charge in [-0.15, -0.1) is 11.3 Å². The minimum Gasteiger partial charge on any atom is -0.497 e. The molecule has 1 atom stereocenters. The van der Waals surface area contributed by atoms with Gasteiger partial charge in [0.25, 0.3) is 5.91 Å². The highest BCUT2D eigenvalue weighted by Crippen LogP contribution is 2.26. The molecule has 1 amide bonds. The summed E-state index contributed by atoms with van der Waals surface area (Å²) >= 11 is 1.62. The molecular formula is C19H22N4O2S. The Morgan fingerprint density at radius 3 is 2.81 bits per heavy atom. The Morgan fingerprint density at radius 1 is 1.35 bits per heavy atom. The van der Waals surface area contributed by atoms with E-state index in [9.17, 15) is 4.79 Å². The first-order valence-corrected chi connectivity index (χ1v) is 9.28. The zero-order valence-electron chi connectivity index (χ0n) is 15.3. The standard InChI is InChI=1S/C19H22N4O2S/c1-5-15(19-20-11(2)12(3)26-19)21-18(24)17-10-16(22-23-17)13-7-6-8-14(9-13)25-4/h6-10,15H,5H2,1-4H3,(H,21,24)(H,22,23)/t15-/m0/s1. The molecule has 0 aliphatic heterocycles. The van der Waals surface area contributed by atoms with Gasteiger partial charge in [-0.2, -0.15) is 5.10 Å². The van der Waals surface area contributed by atoms with Crippen LogP contribution in [0.1, 0.15) is 45.5 Å². The third kappa shape index (κ3) is 3.77. The highest BCUT2D eigenvalue weighted by molar-refractivity contribution is 7.11. The van der Waals surface area contributed by atoms with Crippen LogP contribution in [-0.2, 0) is 0 Å². The van der Waals surface area contributed by atoms with Crippen LogP contribution in [0, 0.1) is 13.8 Å². The van der Waals surface area contributed by atoms with Crippen LogP contribution in [0.3, 0.4) is 0 Å². The summed E-state index contributed by atoms with van der Waals surface area (Å²) in [6.45, 7) is 6.06. The van der Waals surface area contributed by atoms with Crippen LogP contribution >= 0.6 is 11.3 Å². The van der Waals surface area contributed by atoms with Gasteiger partial charge in [0.2, 0.25) is 0 Å². The van der Waals surface area contributed by atoms with E-state index in [1.165, 1.54) is 4.88 Å². The largest absolute Gasteiger partial charge is 0.497 e. The van der Waals surface area contributed by atoms with E-state index in [2.05, 4.69) is 20.5 Å². The Morgan fingerprint density at radius 2 is 2.15 bits per heavy atom. The normalized spacial score (nSPS) is 12.0. The monoisotopic (exact) mass is 370 g/mol. The topological polar surface area (TPSA) is 79.9 Å². The van der Waals surface area contributed by atoms with Crippen molar-refractivity contribution in [3.8, 4) is 17.0 Å².